The molecule has 0 fully saturated rings. The van der Waals surface area contributed by atoms with E-state index in [1.807, 2.05) is 13.0 Å². The summed E-state index contributed by atoms with van der Waals surface area (Å²) in [7, 11) is 1.49. The number of halogens is 1. The van der Waals surface area contributed by atoms with Gasteiger partial charge in [-0.25, -0.2) is 9.80 Å². The number of methoxy groups -OCH3 is 1. The van der Waals surface area contributed by atoms with E-state index < -0.39 is 23.4 Å². The zero-order valence-electron chi connectivity index (χ0n) is 21.9. The van der Waals surface area contributed by atoms with E-state index in [0.29, 0.717) is 27.5 Å². The monoisotopic (exact) mass is 522 g/mol. The molecular formula is C29H31ClN2O5. The quantitative estimate of drug-likeness (QED) is 0.353. The molecule has 194 valence electrons. The fourth-order valence-electron chi connectivity index (χ4n) is 3.85. The number of hydrogen-bond donors (Lipinski definition) is 0. The van der Waals surface area contributed by atoms with E-state index in [1.54, 1.807) is 88.4 Å². The minimum atomic E-state index is -1.01. The fraction of sp³-hybridized carbons (Fsp3) is 0.276. The molecule has 0 aliphatic rings. The summed E-state index contributed by atoms with van der Waals surface area (Å²) in [5.41, 5.74) is 1.49. The van der Waals surface area contributed by atoms with E-state index in [2.05, 4.69) is 0 Å². The predicted molar refractivity (Wildman–Crippen MR) is 143 cm³/mol. The number of amides is 3. The molecule has 0 aliphatic carbocycles. The van der Waals surface area contributed by atoms with Crippen molar-refractivity contribution < 1.29 is 23.9 Å². The van der Waals surface area contributed by atoms with Crippen LogP contribution in [0.3, 0.4) is 0 Å². The van der Waals surface area contributed by atoms with Crippen LogP contribution in [0.4, 0.5) is 4.79 Å². The summed E-state index contributed by atoms with van der Waals surface area (Å²) in [6, 6.07) is 18.8. The van der Waals surface area contributed by atoms with Gasteiger partial charge in [0.25, 0.3) is 11.8 Å². The summed E-state index contributed by atoms with van der Waals surface area (Å²) < 4.78 is 10.9. The zero-order valence-corrected chi connectivity index (χ0v) is 22.6. The Balaban J connectivity index is 2.11. The predicted octanol–water partition coefficient (Wildman–Crippen LogP) is 6.60. The molecule has 3 aromatic rings. The molecule has 0 radical (unpaired) electrons. The highest BCUT2D eigenvalue weighted by Gasteiger charge is 2.41. The Morgan fingerprint density at radius 2 is 1.57 bits per heavy atom. The molecule has 37 heavy (non-hydrogen) atoms. The smallest absolute Gasteiger partial charge is 0.436 e. The molecule has 0 N–H and O–H groups in total. The summed E-state index contributed by atoms with van der Waals surface area (Å²) >= 11 is 6.23. The van der Waals surface area contributed by atoms with Gasteiger partial charge in [0.1, 0.15) is 12.4 Å². The number of aryl methyl sites for hydroxylation is 1. The summed E-state index contributed by atoms with van der Waals surface area (Å²) in [6.45, 7) is 8.60. The first kappa shape index (κ1) is 27.7. The van der Waals surface area contributed by atoms with E-state index in [1.165, 1.54) is 7.11 Å². The van der Waals surface area contributed by atoms with E-state index >= 15 is 0 Å². The Hall–Kier alpha value is -3.84. The topological polar surface area (TPSA) is 76.2 Å². The summed E-state index contributed by atoms with van der Waals surface area (Å²) in [5.74, 6) is -0.779. The lowest BCUT2D eigenvalue weighted by molar-refractivity contribution is -0.0411. The summed E-state index contributed by atoms with van der Waals surface area (Å²) in [4.78, 5) is 41.4. The average Bonchev–Trinajstić information content (AvgIpc) is 2.85. The number of rotatable bonds is 5. The Labute approximate surface area is 222 Å². The van der Waals surface area contributed by atoms with E-state index in [4.69, 9.17) is 21.1 Å². The molecule has 7 nitrogen and oxygen atoms in total. The molecule has 0 bridgehead atoms. The summed E-state index contributed by atoms with van der Waals surface area (Å²) in [5, 5.41) is 2.32. The molecular weight excluding hydrogens is 492 g/mol. The minimum absolute atomic E-state index is 0.185. The average molecular weight is 523 g/mol. The SMILES string of the molecule is COc1cccc(C(=O)N(C(=O)OCc2ccccc2Cl)N(C(=O)c2cccc(C)c2)C(C)(C)C)c1C. The normalized spacial score (nSPS) is 11.0. The van der Waals surface area contributed by atoms with Crippen LogP contribution in [0.2, 0.25) is 5.02 Å². The third-order valence-corrected chi connectivity index (χ3v) is 6.07. The van der Waals surface area contributed by atoms with Crippen LogP contribution in [0, 0.1) is 13.8 Å². The molecule has 0 unspecified atom stereocenters. The van der Waals surface area contributed by atoms with Crippen molar-refractivity contribution in [1.29, 1.82) is 0 Å². The number of carbonyl (C=O) groups excluding carboxylic acids is 3. The van der Waals surface area contributed by atoms with Gasteiger partial charge in [0, 0.05) is 27.3 Å². The van der Waals surface area contributed by atoms with Gasteiger partial charge in [-0.2, -0.15) is 0 Å². The van der Waals surface area contributed by atoms with Crippen LogP contribution in [0.5, 0.6) is 5.75 Å². The zero-order chi connectivity index (χ0) is 27.3. The van der Waals surface area contributed by atoms with Gasteiger partial charge in [0.05, 0.1) is 12.6 Å². The molecule has 0 aliphatic heterocycles. The van der Waals surface area contributed by atoms with Crippen molar-refractivity contribution in [2.45, 2.75) is 46.8 Å². The van der Waals surface area contributed by atoms with Crippen LogP contribution in [0.15, 0.2) is 66.7 Å². The van der Waals surface area contributed by atoms with Crippen molar-refractivity contribution in [1.82, 2.24) is 10.0 Å². The molecule has 0 saturated carbocycles. The number of hydrazine groups is 1. The molecule has 0 spiro atoms. The molecule has 3 aromatic carbocycles. The lowest BCUT2D eigenvalue weighted by Crippen LogP contribution is -2.60. The van der Waals surface area contributed by atoms with Gasteiger partial charge in [0.2, 0.25) is 0 Å². The Kier molecular flexibility index (Phi) is 8.61. The van der Waals surface area contributed by atoms with Crippen molar-refractivity contribution in [2.24, 2.45) is 0 Å². The summed E-state index contributed by atoms with van der Waals surface area (Å²) in [6.07, 6.45) is -1.01. The second-order valence-electron chi connectivity index (χ2n) is 9.55. The standard InChI is InChI=1S/C29H31ClN2O5/c1-19-11-9-13-21(17-19)26(33)32(29(3,4)5)31(27(34)23-14-10-16-25(36-6)20(23)2)28(35)37-18-22-12-7-8-15-24(22)30/h7-17H,18H2,1-6H3. The highest BCUT2D eigenvalue weighted by molar-refractivity contribution is 6.31. The van der Waals surface area contributed by atoms with E-state index in [9.17, 15) is 14.4 Å². The maximum absolute atomic E-state index is 14.0. The maximum atomic E-state index is 14.0. The van der Waals surface area contributed by atoms with Crippen LogP contribution in [0.25, 0.3) is 0 Å². The van der Waals surface area contributed by atoms with Crippen LogP contribution >= 0.6 is 11.6 Å². The van der Waals surface area contributed by atoms with Gasteiger partial charge in [-0.3, -0.25) is 9.59 Å². The van der Waals surface area contributed by atoms with E-state index in [0.717, 1.165) is 15.6 Å². The number of carbonyl (C=O) groups is 3. The van der Waals surface area contributed by atoms with Crippen LogP contribution < -0.4 is 4.74 Å². The largest absolute Gasteiger partial charge is 0.496 e. The highest BCUT2D eigenvalue weighted by Crippen LogP contribution is 2.28. The second-order valence-corrected chi connectivity index (χ2v) is 9.96. The van der Waals surface area contributed by atoms with Crippen molar-refractivity contribution in [2.75, 3.05) is 7.11 Å². The second kappa shape index (κ2) is 11.5. The fourth-order valence-corrected chi connectivity index (χ4v) is 4.04. The Morgan fingerprint density at radius 3 is 2.19 bits per heavy atom. The lowest BCUT2D eigenvalue weighted by Gasteiger charge is -2.41. The van der Waals surface area contributed by atoms with E-state index in [-0.39, 0.29) is 12.2 Å². The Bertz CT molecular complexity index is 1320. The van der Waals surface area contributed by atoms with Gasteiger partial charge >= 0.3 is 6.09 Å². The molecule has 0 heterocycles. The first-order chi connectivity index (χ1) is 17.5. The third kappa shape index (κ3) is 6.30. The molecule has 3 rings (SSSR count). The highest BCUT2D eigenvalue weighted by atomic mass is 35.5. The molecule has 0 atom stereocenters. The van der Waals surface area contributed by atoms with Gasteiger partial charge in [-0.15, -0.1) is 5.01 Å². The number of nitrogens with zero attached hydrogens (tertiary/aromatic N) is 2. The van der Waals surface area contributed by atoms with Crippen molar-refractivity contribution in [3.63, 3.8) is 0 Å². The van der Waals surface area contributed by atoms with Gasteiger partial charge < -0.3 is 9.47 Å². The van der Waals surface area contributed by atoms with Gasteiger partial charge in [-0.1, -0.05) is 53.6 Å². The third-order valence-electron chi connectivity index (χ3n) is 5.70. The van der Waals surface area contributed by atoms with Crippen LogP contribution in [-0.4, -0.2) is 40.6 Å². The van der Waals surface area contributed by atoms with Crippen molar-refractivity contribution >= 4 is 29.5 Å². The lowest BCUT2D eigenvalue weighted by atomic mass is 10.0. The number of benzene rings is 3. The number of ether oxygens (including phenoxy) is 2. The molecule has 3 amide bonds. The Morgan fingerprint density at radius 1 is 0.892 bits per heavy atom. The first-order valence-corrected chi connectivity index (χ1v) is 12.1. The molecule has 0 aromatic heterocycles. The molecule has 8 heteroatoms. The minimum Gasteiger partial charge on any atom is -0.496 e. The van der Waals surface area contributed by atoms with Gasteiger partial charge in [-0.05, 0) is 65.0 Å². The number of imide groups is 1. The number of hydrogen-bond acceptors (Lipinski definition) is 5. The van der Waals surface area contributed by atoms with Gasteiger partial charge in [0.15, 0.2) is 0 Å². The van der Waals surface area contributed by atoms with Crippen LogP contribution in [0.1, 0.15) is 58.2 Å². The maximum Gasteiger partial charge on any atom is 0.436 e. The van der Waals surface area contributed by atoms with Crippen LogP contribution in [-0.2, 0) is 11.3 Å². The molecule has 0 saturated heterocycles. The van der Waals surface area contributed by atoms with Crippen molar-refractivity contribution in [3.8, 4) is 5.75 Å². The van der Waals surface area contributed by atoms with Crippen molar-refractivity contribution in [3.05, 3.63) is 99.6 Å². The first-order valence-electron chi connectivity index (χ1n) is 11.7.